The number of ether oxygens (including phenoxy) is 1. The highest BCUT2D eigenvalue weighted by Crippen LogP contribution is 2.01. The summed E-state index contributed by atoms with van der Waals surface area (Å²) in [5, 5.41) is -0.542. The molecule has 0 rings (SSSR count). The number of esters is 1. The van der Waals surface area contributed by atoms with Crippen LogP contribution in [0.1, 0.15) is 89.5 Å². The smallest absolute Gasteiger partial charge is 0.308 e. The number of Topliss-reactive ketones (excluding diaryl/α,β-unsaturated/α-hetero) is 2. The quantitative estimate of drug-likeness (QED) is 0.418. The Morgan fingerprint density at radius 3 is 1.03 bits per heavy atom. The number of carbonyl (C=O) groups excluding carboxylic acids is 3. The first-order valence-electron chi connectivity index (χ1n) is 12.0. The average Bonchev–Trinajstić information content (AvgIpc) is 2.72. The minimum absolute atomic E-state index is 0.00463. The molecule has 220 valence electrons. The van der Waals surface area contributed by atoms with E-state index in [1.54, 1.807) is 48.5 Å². The van der Waals surface area contributed by atoms with Crippen molar-refractivity contribution < 1.29 is 36.0 Å². The molecular formula is C25H55NO8S2. The van der Waals surface area contributed by atoms with Crippen LogP contribution in [-0.2, 0) is 39.0 Å². The van der Waals surface area contributed by atoms with E-state index in [9.17, 15) is 31.2 Å². The van der Waals surface area contributed by atoms with Gasteiger partial charge in [0.25, 0.3) is 0 Å². The third-order valence-electron chi connectivity index (χ3n) is 4.44. The van der Waals surface area contributed by atoms with E-state index in [-0.39, 0.29) is 40.0 Å². The number of ketones is 2. The van der Waals surface area contributed by atoms with Crippen molar-refractivity contribution in [2.24, 2.45) is 17.8 Å². The molecular weight excluding hydrogens is 506 g/mol. The van der Waals surface area contributed by atoms with Crippen LogP contribution in [0.3, 0.4) is 0 Å². The number of sulfonamides is 1. The third-order valence-corrected chi connectivity index (χ3v) is 8.36. The Hall–Kier alpha value is -1.33. The Kier molecular flexibility index (Phi) is 28.3. The van der Waals surface area contributed by atoms with Crippen molar-refractivity contribution in [3.05, 3.63) is 0 Å². The van der Waals surface area contributed by atoms with Gasteiger partial charge in [0.1, 0.15) is 21.4 Å². The van der Waals surface area contributed by atoms with Gasteiger partial charge in [-0.2, -0.15) is 0 Å². The van der Waals surface area contributed by atoms with Crippen LogP contribution < -0.4 is 0 Å². The van der Waals surface area contributed by atoms with Crippen LogP contribution >= 0.6 is 0 Å². The Balaban J connectivity index is -0.000000112. The lowest BCUT2D eigenvalue weighted by Gasteiger charge is -2.13. The van der Waals surface area contributed by atoms with E-state index in [1.165, 1.54) is 31.8 Å². The number of hydrogen-bond acceptors (Lipinski definition) is 8. The number of hydrogen-bond donors (Lipinski definition) is 0. The number of nitrogens with zero attached hydrogens (tertiary/aromatic N) is 1. The summed E-state index contributed by atoms with van der Waals surface area (Å²) < 4.78 is 48.2. The van der Waals surface area contributed by atoms with Crippen LogP contribution in [0.2, 0.25) is 0 Å². The second-order valence-corrected chi connectivity index (χ2v) is 15.0. The van der Waals surface area contributed by atoms with Gasteiger partial charge in [-0.25, -0.2) is 21.1 Å². The van der Waals surface area contributed by atoms with Gasteiger partial charge in [0.15, 0.2) is 0 Å². The molecule has 0 spiro atoms. The van der Waals surface area contributed by atoms with E-state index < -0.39 is 19.9 Å². The molecule has 0 aromatic heterocycles. The Labute approximate surface area is 222 Å². The fourth-order valence-electron chi connectivity index (χ4n) is 1.07. The minimum atomic E-state index is -2.98. The maximum Gasteiger partial charge on any atom is 0.308 e. The summed E-state index contributed by atoms with van der Waals surface area (Å²) in [6.07, 6.45) is 1.91. The van der Waals surface area contributed by atoms with Crippen LogP contribution in [0, 0.1) is 17.8 Å². The van der Waals surface area contributed by atoms with Crippen molar-refractivity contribution in [2.45, 2.75) is 100 Å². The summed E-state index contributed by atoms with van der Waals surface area (Å²) >= 11 is 0. The Morgan fingerprint density at radius 1 is 0.722 bits per heavy atom. The van der Waals surface area contributed by atoms with Gasteiger partial charge in [-0.1, -0.05) is 48.5 Å². The predicted octanol–water partition coefficient (Wildman–Crippen LogP) is 4.39. The summed E-state index contributed by atoms with van der Waals surface area (Å²) in [7, 11) is -1.26. The topological polar surface area (TPSA) is 132 Å². The summed E-state index contributed by atoms with van der Waals surface area (Å²) in [6.45, 7) is 21.4. The van der Waals surface area contributed by atoms with Crippen LogP contribution in [0.15, 0.2) is 0 Å². The molecule has 0 unspecified atom stereocenters. The molecule has 0 bridgehead atoms. The largest absolute Gasteiger partial charge is 0.469 e. The molecule has 0 aliphatic carbocycles. The summed E-state index contributed by atoms with van der Waals surface area (Å²) in [4.78, 5) is 30.9. The van der Waals surface area contributed by atoms with Gasteiger partial charge in [-0.15, -0.1) is 0 Å². The molecule has 0 heterocycles. The van der Waals surface area contributed by atoms with Gasteiger partial charge < -0.3 is 4.74 Å². The highest BCUT2D eigenvalue weighted by molar-refractivity contribution is 7.91. The first kappa shape index (κ1) is 44.6. The zero-order valence-electron chi connectivity index (χ0n) is 25.6. The molecule has 0 atom stereocenters. The molecule has 0 N–H and O–H groups in total. The van der Waals surface area contributed by atoms with Gasteiger partial charge in [0.2, 0.25) is 10.0 Å². The second kappa shape index (κ2) is 22.8. The highest BCUT2D eigenvalue weighted by atomic mass is 32.2. The van der Waals surface area contributed by atoms with Gasteiger partial charge in [-0.05, 0) is 34.6 Å². The van der Waals surface area contributed by atoms with E-state index in [4.69, 9.17) is 0 Å². The molecule has 0 saturated heterocycles. The zero-order chi connectivity index (χ0) is 30.6. The fourth-order valence-corrected chi connectivity index (χ4v) is 1.91. The molecule has 0 aliphatic rings. The van der Waals surface area contributed by atoms with Crippen molar-refractivity contribution in [1.82, 2.24) is 4.31 Å². The van der Waals surface area contributed by atoms with E-state index >= 15 is 0 Å². The SMILES string of the molecule is CC(=O)C(C)C.CC(C)S(=O)(=O)N(C)C.CC(C)S(C)(=O)=O.CCC(=O)C(C)C.COC(=O)C(C)C. The summed E-state index contributed by atoms with van der Waals surface area (Å²) in [5.41, 5.74) is 0. The monoisotopic (exact) mass is 561 g/mol. The molecule has 0 radical (unpaired) electrons. The molecule has 0 amide bonds. The lowest BCUT2D eigenvalue weighted by Crippen LogP contribution is -2.29. The summed E-state index contributed by atoms with van der Waals surface area (Å²) in [5.74, 6) is 0.898. The van der Waals surface area contributed by atoms with Crippen molar-refractivity contribution in [2.75, 3.05) is 27.5 Å². The normalized spacial score (nSPS) is 10.9. The average molecular weight is 562 g/mol. The van der Waals surface area contributed by atoms with Gasteiger partial charge in [0.05, 0.1) is 23.5 Å². The molecule has 0 saturated carbocycles. The van der Waals surface area contributed by atoms with Crippen LogP contribution in [0.5, 0.6) is 0 Å². The molecule has 9 nitrogen and oxygen atoms in total. The molecule has 0 fully saturated rings. The molecule has 0 aromatic carbocycles. The number of rotatable bonds is 7. The maximum atomic E-state index is 11.0. The number of carbonyl (C=O) groups is 3. The molecule has 0 aromatic rings. The minimum Gasteiger partial charge on any atom is -0.469 e. The van der Waals surface area contributed by atoms with E-state index in [0.29, 0.717) is 12.2 Å². The van der Waals surface area contributed by atoms with Crippen molar-refractivity contribution >= 4 is 37.4 Å². The van der Waals surface area contributed by atoms with Gasteiger partial charge >= 0.3 is 5.97 Å². The van der Waals surface area contributed by atoms with Crippen LogP contribution in [0.25, 0.3) is 0 Å². The third kappa shape index (κ3) is 30.7. The van der Waals surface area contributed by atoms with Crippen molar-refractivity contribution in [1.29, 1.82) is 0 Å². The zero-order valence-corrected chi connectivity index (χ0v) is 27.3. The molecule has 36 heavy (non-hydrogen) atoms. The first-order valence-corrected chi connectivity index (χ1v) is 15.5. The predicted molar refractivity (Wildman–Crippen MR) is 150 cm³/mol. The number of sulfone groups is 1. The van der Waals surface area contributed by atoms with Crippen molar-refractivity contribution in [3.63, 3.8) is 0 Å². The molecule has 0 aliphatic heterocycles. The standard InChI is InChI=1S/C6H12O.C5H13NO2S.C5H10O2.C5H10O.C4H10O2S/c1-4-6(7)5(2)3;1-5(2)9(7,8)6(3)4;1-4(2)5(6)7-3;1-4(2)5(3)6;1-4(2)7(3,5)6/h5H,4H2,1-3H3;5H,1-4H3;4H,1-3H3;4H,1-3H3;4H,1-3H3. The Bertz CT molecular complexity index is 762. The maximum absolute atomic E-state index is 11.0. The number of methoxy groups -OCH3 is 1. The van der Waals surface area contributed by atoms with Crippen LogP contribution in [-0.4, -0.2) is 76.6 Å². The summed E-state index contributed by atoms with van der Waals surface area (Å²) in [6, 6.07) is 0. The van der Waals surface area contributed by atoms with Crippen molar-refractivity contribution in [3.8, 4) is 0 Å². The lowest BCUT2D eigenvalue weighted by molar-refractivity contribution is -0.144. The van der Waals surface area contributed by atoms with Crippen LogP contribution in [0.4, 0.5) is 0 Å². The molecule has 11 heteroatoms. The van der Waals surface area contributed by atoms with Gasteiger partial charge in [-0.3, -0.25) is 14.4 Å². The lowest BCUT2D eigenvalue weighted by atomic mass is 10.1. The van der Waals surface area contributed by atoms with E-state index in [1.807, 2.05) is 34.6 Å². The highest BCUT2D eigenvalue weighted by Gasteiger charge is 2.17. The first-order chi connectivity index (χ1) is 15.8. The Morgan fingerprint density at radius 2 is 1.03 bits per heavy atom. The second-order valence-electron chi connectivity index (χ2n) is 9.67. The van der Waals surface area contributed by atoms with Gasteiger partial charge in [0, 0.05) is 38.6 Å². The van der Waals surface area contributed by atoms with E-state index in [2.05, 4.69) is 4.74 Å². The van der Waals surface area contributed by atoms with E-state index in [0.717, 1.165) is 0 Å². The fraction of sp³-hybridized carbons (Fsp3) is 0.880.